The Kier molecular flexibility index (Phi) is 4.63. The molecule has 0 bridgehead atoms. The zero-order valence-electron chi connectivity index (χ0n) is 11.9. The van der Waals surface area contributed by atoms with E-state index in [4.69, 9.17) is 0 Å². The van der Waals surface area contributed by atoms with E-state index in [0.717, 1.165) is 36.5 Å². The molecular weight excluding hydrogens is 234 g/mol. The summed E-state index contributed by atoms with van der Waals surface area (Å²) in [6.07, 6.45) is 4.15. The molecule has 0 saturated heterocycles. The average Bonchev–Trinajstić information content (AvgIpc) is 2.41. The van der Waals surface area contributed by atoms with Gasteiger partial charge in [-0.15, -0.1) is 0 Å². The van der Waals surface area contributed by atoms with E-state index in [0.29, 0.717) is 0 Å². The monoisotopic (exact) mass is 255 g/mol. The van der Waals surface area contributed by atoms with Gasteiger partial charge in [-0.2, -0.15) is 0 Å². The Morgan fingerprint density at radius 3 is 2.47 bits per heavy atom. The van der Waals surface area contributed by atoms with Gasteiger partial charge in [0.2, 0.25) is 0 Å². The normalized spacial score (nSPS) is 10.9. The second-order valence-electron chi connectivity index (χ2n) is 5.08. The van der Waals surface area contributed by atoms with Crippen LogP contribution in [0.2, 0.25) is 0 Å². The first-order valence-electron chi connectivity index (χ1n) is 6.69. The molecule has 100 valence electrons. The van der Waals surface area contributed by atoms with Gasteiger partial charge >= 0.3 is 0 Å². The molecule has 2 aromatic rings. The Hall–Kier alpha value is -1.74. The predicted molar refractivity (Wildman–Crippen MR) is 79.1 cm³/mol. The maximum atomic E-state index is 4.62. The minimum absolute atomic E-state index is 0.814. The van der Waals surface area contributed by atoms with Gasteiger partial charge in [-0.1, -0.05) is 30.3 Å². The molecule has 3 nitrogen and oxygen atoms in total. The summed E-state index contributed by atoms with van der Waals surface area (Å²) in [6.45, 7) is 3.17. The van der Waals surface area contributed by atoms with Crippen molar-refractivity contribution < 1.29 is 0 Å². The smallest absolute Gasteiger partial charge is 0.159 e. The average molecular weight is 255 g/mol. The highest BCUT2D eigenvalue weighted by atomic mass is 15.0. The molecule has 2 rings (SSSR count). The van der Waals surface area contributed by atoms with Gasteiger partial charge in [0.1, 0.15) is 0 Å². The van der Waals surface area contributed by atoms with Crippen LogP contribution in [0.4, 0.5) is 0 Å². The molecule has 0 saturated carbocycles. The Balaban J connectivity index is 2.09. The van der Waals surface area contributed by atoms with Crippen molar-refractivity contribution in [3.8, 4) is 11.4 Å². The molecule has 0 unspecified atom stereocenters. The highest BCUT2D eigenvalue weighted by Gasteiger charge is 2.05. The zero-order valence-corrected chi connectivity index (χ0v) is 11.9. The topological polar surface area (TPSA) is 29.0 Å². The molecular formula is C16H21N3. The van der Waals surface area contributed by atoms with Gasteiger partial charge in [0.25, 0.3) is 0 Å². The molecule has 19 heavy (non-hydrogen) atoms. The maximum absolute atomic E-state index is 4.62. The molecule has 0 aliphatic heterocycles. The van der Waals surface area contributed by atoms with Crippen molar-refractivity contribution >= 4 is 0 Å². The van der Waals surface area contributed by atoms with E-state index in [1.807, 2.05) is 36.5 Å². The summed E-state index contributed by atoms with van der Waals surface area (Å²) in [7, 11) is 4.20. The van der Waals surface area contributed by atoms with E-state index in [2.05, 4.69) is 35.9 Å². The third-order valence-electron chi connectivity index (χ3n) is 3.16. The summed E-state index contributed by atoms with van der Waals surface area (Å²) in [6, 6.07) is 10.1. The van der Waals surface area contributed by atoms with Crippen LogP contribution in [0.25, 0.3) is 11.4 Å². The fourth-order valence-electron chi connectivity index (χ4n) is 2.05. The molecule has 1 aromatic heterocycles. The van der Waals surface area contributed by atoms with Gasteiger partial charge in [-0.05, 0) is 46.0 Å². The molecule has 0 N–H and O–H groups in total. The quantitative estimate of drug-likeness (QED) is 0.822. The van der Waals surface area contributed by atoms with Crippen LogP contribution in [0.5, 0.6) is 0 Å². The summed E-state index contributed by atoms with van der Waals surface area (Å²) in [5, 5.41) is 0. The van der Waals surface area contributed by atoms with Crippen LogP contribution in [0.15, 0.2) is 36.5 Å². The van der Waals surface area contributed by atoms with Gasteiger partial charge in [0.05, 0.1) is 0 Å². The van der Waals surface area contributed by atoms with Crippen molar-refractivity contribution in [2.45, 2.75) is 19.8 Å². The van der Waals surface area contributed by atoms with Crippen LogP contribution < -0.4 is 0 Å². The van der Waals surface area contributed by atoms with Crippen molar-refractivity contribution in [3.63, 3.8) is 0 Å². The van der Waals surface area contributed by atoms with E-state index in [-0.39, 0.29) is 0 Å². The van der Waals surface area contributed by atoms with Crippen LogP contribution in [0.3, 0.4) is 0 Å². The Morgan fingerprint density at radius 2 is 1.84 bits per heavy atom. The van der Waals surface area contributed by atoms with Gasteiger partial charge in [0, 0.05) is 17.5 Å². The number of benzene rings is 1. The molecule has 0 atom stereocenters. The summed E-state index contributed by atoms with van der Waals surface area (Å²) in [4.78, 5) is 11.3. The second kappa shape index (κ2) is 6.43. The fourth-order valence-corrected chi connectivity index (χ4v) is 2.05. The first-order valence-corrected chi connectivity index (χ1v) is 6.69. The largest absolute Gasteiger partial charge is 0.309 e. The minimum Gasteiger partial charge on any atom is -0.309 e. The summed E-state index contributed by atoms with van der Waals surface area (Å²) >= 11 is 0. The summed E-state index contributed by atoms with van der Waals surface area (Å²) in [5.74, 6) is 0.814. The van der Waals surface area contributed by atoms with E-state index in [9.17, 15) is 0 Å². The Labute approximate surface area is 115 Å². The molecule has 1 heterocycles. The van der Waals surface area contributed by atoms with Crippen molar-refractivity contribution in [3.05, 3.63) is 47.8 Å². The van der Waals surface area contributed by atoms with Crippen molar-refractivity contribution in [1.29, 1.82) is 0 Å². The van der Waals surface area contributed by atoms with E-state index in [1.54, 1.807) is 0 Å². The minimum atomic E-state index is 0.814. The first-order chi connectivity index (χ1) is 9.16. The lowest BCUT2D eigenvalue weighted by atomic mass is 10.1. The highest BCUT2D eigenvalue weighted by Crippen LogP contribution is 2.16. The van der Waals surface area contributed by atoms with Gasteiger partial charge in [0.15, 0.2) is 5.82 Å². The standard InChI is InChI=1S/C16H21N3/c1-13-15(10-7-11-19(2)3)12-17-16(18-13)14-8-5-4-6-9-14/h4-6,8-9,12H,7,10-11H2,1-3H3. The second-order valence-corrected chi connectivity index (χ2v) is 5.08. The van der Waals surface area contributed by atoms with Crippen LogP contribution >= 0.6 is 0 Å². The van der Waals surface area contributed by atoms with Gasteiger partial charge in [-0.25, -0.2) is 9.97 Å². The van der Waals surface area contributed by atoms with Crippen LogP contribution in [-0.4, -0.2) is 35.5 Å². The van der Waals surface area contributed by atoms with Crippen LogP contribution in [0.1, 0.15) is 17.7 Å². The fraction of sp³-hybridized carbons (Fsp3) is 0.375. The van der Waals surface area contributed by atoms with Crippen molar-refractivity contribution in [1.82, 2.24) is 14.9 Å². The Bertz CT molecular complexity index is 521. The Morgan fingerprint density at radius 1 is 1.11 bits per heavy atom. The van der Waals surface area contributed by atoms with E-state index in [1.165, 1.54) is 5.56 Å². The molecule has 0 aliphatic rings. The summed E-state index contributed by atoms with van der Waals surface area (Å²) in [5.41, 5.74) is 3.42. The first kappa shape index (κ1) is 13.7. The molecule has 0 aliphatic carbocycles. The number of hydrogen-bond acceptors (Lipinski definition) is 3. The molecule has 1 aromatic carbocycles. The van der Waals surface area contributed by atoms with Gasteiger partial charge < -0.3 is 4.90 Å². The van der Waals surface area contributed by atoms with E-state index >= 15 is 0 Å². The number of aryl methyl sites for hydroxylation is 2. The summed E-state index contributed by atoms with van der Waals surface area (Å²) < 4.78 is 0. The zero-order chi connectivity index (χ0) is 13.7. The van der Waals surface area contributed by atoms with Crippen molar-refractivity contribution in [2.75, 3.05) is 20.6 Å². The third kappa shape index (κ3) is 3.86. The lowest BCUT2D eigenvalue weighted by Crippen LogP contribution is -2.13. The van der Waals surface area contributed by atoms with Crippen LogP contribution in [-0.2, 0) is 6.42 Å². The maximum Gasteiger partial charge on any atom is 0.159 e. The number of aromatic nitrogens is 2. The third-order valence-corrected chi connectivity index (χ3v) is 3.16. The SMILES string of the molecule is Cc1nc(-c2ccccc2)ncc1CCCN(C)C. The number of nitrogens with zero attached hydrogens (tertiary/aromatic N) is 3. The number of rotatable bonds is 5. The lowest BCUT2D eigenvalue weighted by molar-refractivity contribution is 0.400. The molecule has 0 fully saturated rings. The molecule has 0 spiro atoms. The molecule has 0 radical (unpaired) electrons. The highest BCUT2D eigenvalue weighted by molar-refractivity contribution is 5.54. The molecule has 3 heteroatoms. The predicted octanol–water partition coefficient (Wildman–Crippen LogP) is 2.95. The van der Waals surface area contributed by atoms with Crippen LogP contribution in [0, 0.1) is 6.92 Å². The van der Waals surface area contributed by atoms with Crippen molar-refractivity contribution in [2.24, 2.45) is 0 Å². The lowest BCUT2D eigenvalue weighted by Gasteiger charge is -2.10. The van der Waals surface area contributed by atoms with E-state index < -0.39 is 0 Å². The molecule has 0 amide bonds. The van der Waals surface area contributed by atoms with Gasteiger partial charge in [-0.3, -0.25) is 0 Å². The number of hydrogen-bond donors (Lipinski definition) is 0.